The number of aryl methyl sites for hydroxylation is 1. The molecule has 1 heterocycles. The van der Waals surface area contributed by atoms with Crippen molar-refractivity contribution >= 4 is 15.9 Å². The van der Waals surface area contributed by atoms with Crippen molar-refractivity contribution in [2.45, 2.75) is 52.1 Å². The van der Waals surface area contributed by atoms with E-state index < -0.39 is 0 Å². The molecule has 1 aromatic heterocycles. The van der Waals surface area contributed by atoms with E-state index in [0.717, 1.165) is 35.0 Å². The van der Waals surface area contributed by atoms with Crippen molar-refractivity contribution in [2.24, 2.45) is 5.73 Å². The fraction of sp³-hybridized carbons (Fsp3) is 0.471. The Labute approximate surface area is 135 Å². The SMILES string of the molecule is CCC(CC)n1ccc(CC(N)c2cccc(C)c2Br)n1. The molecule has 0 spiro atoms. The van der Waals surface area contributed by atoms with Crippen LogP contribution in [0, 0.1) is 6.92 Å². The Morgan fingerprint density at radius 2 is 1.95 bits per heavy atom. The van der Waals surface area contributed by atoms with Crippen molar-refractivity contribution in [3.8, 4) is 0 Å². The summed E-state index contributed by atoms with van der Waals surface area (Å²) in [5, 5.41) is 4.69. The van der Waals surface area contributed by atoms with Gasteiger partial charge in [0.05, 0.1) is 11.7 Å². The summed E-state index contributed by atoms with van der Waals surface area (Å²) in [6.07, 6.45) is 5.04. The molecule has 0 amide bonds. The van der Waals surface area contributed by atoms with Gasteiger partial charge in [0.15, 0.2) is 0 Å². The number of nitrogens with two attached hydrogens (primary N) is 1. The summed E-state index contributed by atoms with van der Waals surface area (Å²) in [6, 6.07) is 8.76. The Hall–Kier alpha value is -1.13. The van der Waals surface area contributed by atoms with Crippen molar-refractivity contribution in [1.29, 1.82) is 0 Å². The fourth-order valence-corrected chi connectivity index (χ4v) is 3.20. The van der Waals surface area contributed by atoms with Gasteiger partial charge in [-0.15, -0.1) is 0 Å². The topological polar surface area (TPSA) is 43.8 Å². The van der Waals surface area contributed by atoms with E-state index in [9.17, 15) is 0 Å². The van der Waals surface area contributed by atoms with Crippen molar-refractivity contribution in [3.63, 3.8) is 0 Å². The van der Waals surface area contributed by atoms with Gasteiger partial charge in [0, 0.05) is 23.1 Å². The van der Waals surface area contributed by atoms with Gasteiger partial charge in [-0.05, 0) is 37.0 Å². The van der Waals surface area contributed by atoms with Crippen molar-refractivity contribution in [3.05, 3.63) is 51.8 Å². The zero-order valence-electron chi connectivity index (χ0n) is 13.0. The lowest BCUT2D eigenvalue weighted by Crippen LogP contribution is -2.15. The molecular formula is C17H24BrN3. The number of nitrogens with zero attached hydrogens (tertiary/aromatic N) is 2. The van der Waals surface area contributed by atoms with Crippen LogP contribution in [0.1, 0.15) is 55.6 Å². The van der Waals surface area contributed by atoms with Crippen LogP contribution in [-0.4, -0.2) is 9.78 Å². The lowest BCUT2D eigenvalue weighted by molar-refractivity contribution is 0.424. The van der Waals surface area contributed by atoms with Gasteiger partial charge >= 0.3 is 0 Å². The molecule has 1 unspecified atom stereocenters. The highest BCUT2D eigenvalue weighted by atomic mass is 79.9. The standard InChI is InChI=1S/C17H24BrN3/c1-4-14(5-2)21-10-9-13(20-21)11-16(19)15-8-6-7-12(3)17(15)18/h6-10,14,16H,4-5,11,19H2,1-3H3. The summed E-state index contributed by atoms with van der Waals surface area (Å²) in [7, 11) is 0. The maximum absolute atomic E-state index is 6.37. The maximum Gasteiger partial charge on any atom is 0.0643 e. The van der Waals surface area contributed by atoms with Crippen LogP contribution >= 0.6 is 15.9 Å². The molecule has 114 valence electrons. The average Bonchev–Trinajstić information content (AvgIpc) is 2.91. The summed E-state index contributed by atoms with van der Waals surface area (Å²) in [5.41, 5.74) is 9.78. The van der Waals surface area contributed by atoms with Crippen LogP contribution in [0.3, 0.4) is 0 Å². The van der Waals surface area contributed by atoms with E-state index in [1.165, 1.54) is 5.56 Å². The molecule has 2 aromatic rings. The van der Waals surface area contributed by atoms with E-state index >= 15 is 0 Å². The smallest absolute Gasteiger partial charge is 0.0643 e. The van der Waals surface area contributed by atoms with Crippen LogP contribution in [0.4, 0.5) is 0 Å². The van der Waals surface area contributed by atoms with E-state index in [4.69, 9.17) is 10.8 Å². The minimum absolute atomic E-state index is 0.0377. The molecule has 0 aliphatic rings. The van der Waals surface area contributed by atoms with Crippen molar-refractivity contribution in [1.82, 2.24) is 9.78 Å². The molecule has 0 aliphatic heterocycles. The summed E-state index contributed by atoms with van der Waals surface area (Å²) >= 11 is 3.64. The molecule has 1 atom stereocenters. The number of hydrogen-bond acceptors (Lipinski definition) is 2. The minimum Gasteiger partial charge on any atom is -0.324 e. The Kier molecular flexibility index (Phi) is 5.59. The Bertz CT molecular complexity index is 587. The molecule has 0 fully saturated rings. The zero-order valence-corrected chi connectivity index (χ0v) is 14.6. The third kappa shape index (κ3) is 3.74. The highest BCUT2D eigenvalue weighted by Gasteiger charge is 2.14. The first-order valence-electron chi connectivity index (χ1n) is 7.61. The van der Waals surface area contributed by atoms with E-state index in [2.05, 4.69) is 71.8 Å². The normalized spacial score (nSPS) is 12.9. The number of hydrogen-bond donors (Lipinski definition) is 1. The second-order valence-corrected chi connectivity index (χ2v) is 6.34. The predicted molar refractivity (Wildman–Crippen MR) is 91.4 cm³/mol. The molecule has 2 rings (SSSR count). The van der Waals surface area contributed by atoms with Gasteiger partial charge in [0.1, 0.15) is 0 Å². The summed E-state index contributed by atoms with van der Waals surface area (Å²) in [4.78, 5) is 0. The minimum atomic E-state index is -0.0377. The molecule has 0 saturated heterocycles. The summed E-state index contributed by atoms with van der Waals surface area (Å²) < 4.78 is 3.18. The highest BCUT2D eigenvalue weighted by molar-refractivity contribution is 9.10. The van der Waals surface area contributed by atoms with Crippen LogP contribution in [0.5, 0.6) is 0 Å². The van der Waals surface area contributed by atoms with Gasteiger partial charge in [0.25, 0.3) is 0 Å². The van der Waals surface area contributed by atoms with Crippen LogP contribution < -0.4 is 5.73 Å². The lowest BCUT2D eigenvalue weighted by atomic mass is 10.0. The molecule has 0 saturated carbocycles. The third-order valence-corrected chi connectivity index (χ3v) is 5.11. The van der Waals surface area contributed by atoms with Gasteiger partial charge in [-0.1, -0.05) is 48.0 Å². The summed E-state index contributed by atoms with van der Waals surface area (Å²) in [6.45, 7) is 6.48. The largest absolute Gasteiger partial charge is 0.324 e. The van der Waals surface area contributed by atoms with Crippen molar-refractivity contribution in [2.75, 3.05) is 0 Å². The molecule has 1 aromatic carbocycles. The van der Waals surface area contributed by atoms with Crippen LogP contribution in [0.25, 0.3) is 0 Å². The zero-order chi connectivity index (χ0) is 15.4. The summed E-state index contributed by atoms with van der Waals surface area (Å²) in [5.74, 6) is 0. The van der Waals surface area contributed by atoms with Crippen LogP contribution in [0.2, 0.25) is 0 Å². The van der Waals surface area contributed by atoms with Gasteiger partial charge in [-0.25, -0.2) is 0 Å². The molecule has 0 bridgehead atoms. The molecule has 3 nitrogen and oxygen atoms in total. The average molecular weight is 350 g/mol. The van der Waals surface area contributed by atoms with E-state index in [1.54, 1.807) is 0 Å². The molecule has 21 heavy (non-hydrogen) atoms. The third-order valence-electron chi connectivity index (χ3n) is 4.03. The lowest BCUT2D eigenvalue weighted by Gasteiger charge is -2.15. The Morgan fingerprint density at radius 1 is 1.24 bits per heavy atom. The molecule has 0 radical (unpaired) electrons. The molecule has 2 N–H and O–H groups in total. The number of rotatable bonds is 6. The van der Waals surface area contributed by atoms with Crippen LogP contribution in [0.15, 0.2) is 34.9 Å². The fourth-order valence-electron chi connectivity index (χ4n) is 2.64. The number of aromatic nitrogens is 2. The van der Waals surface area contributed by atoms with Crippen LogP contribution in [-0.2, 0) is 6.42 Å². The molecule has 0 aliphatic carbocycles. The quantitative estimate of drug-likeness (QED) is 0.830. The number of halogens is 1. The van der Waals surface area contributed by atoms with Crippen molar-refractivity contribution < 1.29 is 0 Å². The first-order valence-corrected chi connectivity index (χ1v) is 8.40. The molecule has 4 heteroatoms. The van der Waals surface area contributed by atoms with E-state index in [1.807, 2.05) is 0 Å². The monoisotopic (exact) mass is 349 g/mol. The first kappa shape index (κ1) is 16.2. The molecular weight excluding hydrogens is 326 g/mol. The first-order chi connectivity index (χ1) is 10.1. The van der Waals surface area contributed by atoms with Gasteiger partial charge in [-0.3, -0.25) is 4.68 Å². The Morgan fingerprint density at radius 3 is 2.62 bits per heavy atom. The Balaban J connectivity index is 2.13. The van der Waals surface area contributed by atoms with E-state index in [-0.39, 0.29) is 6.04 Å². The second-order valence-electron chi connectivity index (χ2n) is 5.55. The second kappa shape index (κ2) is 7.23. The van der Waals surface area contributed by atoms with Gasteiger partial charge < -0.3 is 5.73 Å². The maximum atomic E-state index is 6.37. The van der Waals surface area contributed by atoms with Gasteiger partial charge in [-0.2, -0.15) is 5.10 Å². The van der Waals surface area contributed by atoms with Gasteiger partial charge in [0.2, 0.25) is 0 Å². The highest BCUT2D eigenvalue weighted by Crippen LogP contribution is 2.27. The number of benzene rings is 1. The predicted octanol–water partition coefficient (Wildman–Crippen LogP) is 4.56. The van der Waals surface area contributed by atoms with E-state index in [0.29, 0.717) is 6.04 Å².